The number of hydrogen-bond acceptors (Lipinski definition) is 3. The number of benzene rings is 1. The van der Waals surface area contributed by atoms with Gasteiger partial charge in [0.25, 0.3) is 0 Å². The number of likely N-dealkylation sites (N-methyl/N-ethyl adjacent to an activating group) is 1. The Morgan fingerprint density at radius 1 is 1.38 bits per heavy atom. The highest BCUT2D eigenvalue weighted by molar-refractivity contribution is 5.74. The van der Waals surface area contributed by atoms with Crippen LogP contribution in [0.4, 0.5) is 4.79 Å². The van der Waals surface area contributed by atoms with E-state index in [0.29, 0.717) is 6.54 Å². The lowest BCUT2D eigenvalue weighted by Gasteiger charge is -2.25. The molecule has 130 valence electrons. The number of aromatic nitrogens is 2. The molecule has 0 bridgehead atoms. The van der Waals surface area contributed by atoms with Crippen LogP contribution in [0.25, 0.3) is 0 Å². The summed E-state index contributed by atoms with van der Waals surface area (Å²) < 4.78 is 1.84. The van der Waals surface area contributed by atoms with Crippen molar-refractivity contribution in [3.05, 3.63) is 47.3 Å². The molecule has 1 aromatic heterocycles. The van der Waals surface area contributed by atoms with Gasteiger partial charge in [-0.1, -0.05) is 12.1 Å². The van der Waals surface area contributed by atoms with Gasteiger partial charge in [0.1, 0.15) is 5.75 Å². The topological polar surface area (TPSA) is 70.4 Å². The highest BCUT2D eigenvalue weighted by atomic mass is 16.3. The van der Waals surface area contributed by atoms with Crippen molar-refractivity contribution >= 4 is 6.03 Å². The van der Waals surface area contributed by atoms with Crippen LogP contribution in [-0.4, -0.2) is 45.5 Å². The molecule has 0 spiro atoms. The molecule has 0 aliphatic carbocycles. The number of carbonyl (C=O) groups is 1. The van der Waals surface area contributed by atoms with Crippen molar-refractivity contribution in [3.8, 4) is 5.75 Å². The van der Waals surface area contributed by atoms with Gasteiger partial charge < -0.3 is 15.3 Å². The van der Waals surface area contributed by atoms with E-state index in [1.807, 2.05) is 43.9 Å². The third-order valence-electron chi connectivity index (χ3n) is 4.46. The first-order chi connectivity index (χ1) is 11.4. The van der Waals surface area contributed by atoms with Gasteiger partial charge in [-0.15, -0.1) is 0 Å². The van der Waals surface area contributed by atoms with E-state index in [2.05, 4.69) is 10.4 Å². The van der Waals surface area contributed by atoms with Crippen LogP contribution in [0.1, 0.15) is 23.7 Å². The van der Waals surface area contributed by atoms with E-state index in [4.69, 9.17) is 0 Å². The highest BCUT2D eigenvalue weighted by Gasteiger charge is 2.16. The number of nitrogens with zero attached hydrogens (tertiary/aromatic N) is 3. The summed E-state index contributed by atoms with van der Waals surface area (Å²) in [5.41, 5.74) is 3.36. The molecule has 0 saturated carbocycles. The molecule has 0 aliphatic heterocycles. The van der Waals surface area contributed by atoms with Crippen molar-refractivity contribution in [1.29, 1.82) is 0 Å². The molecule has 0 fully saturated rings. The zero-order valence-electron chi connectivity index (χ0n) is 14.8. The quantitative estimate of drug-likeness (QED) is 0.853. The van der Waals surface area contributed by atoms with Gasteiger partial charge in [0.05, 0.1) is 6.20 Å². The van der Waals surface area contributed by atoms with Crippen LogP contribution in [0.15, 0.2) is 30.5 Å². The van der Waals surface area contributed by atoms with Gasteiger partial charge in [-0.2, -0.15) is 5.10 Å². The van der Waals surface area contributed by atoms with E-state index >= 15 is 0 Å². The number of amides is 2. The molecule has 2 aromatic rings. The van der Waals surface area contributed by atoms with E-state index in [1.54, 1.807) is 24.1 Å². The molecule has 0 radical (unpaired) electrons. The molecule has 1 aromatic carbocycles. The molecular formula is C18H26N4O2. The Labute approximate surface area is 143 Å². The molecular weight excluding hydrogens is 304 g/mol. The minimum Gasteiger partial charge on any atom is -0.508 e. The molecule has 6 nitrogen and oxygen atoms in total. The Hall–Kier alpha value is -2.50. The predicted octanol–water partition coefficient (Wildman–Crippen LogP) is 2.25. The maximum atomic E-state index is 12.3. The van der Waals surface area contributed by atoms with Crippen molar-refractivity contribution < 1.29 is 9.90 Å². The van der Waals surface area contributed by atoms with Gasteiger partial charge in [0, 0.05) is 32.4 Å². The van der Waals surface area contributed by atoms with Crippen LogP contribution in [0, 0.1) is 6.92 Å². The van der Waals surface area contributed by atoms with E-state index < -0.39 is 0 Å². The van der Waals surface area contributed by atoms with Crippen molar-refractivity contribution in [2.45, 2.75) is 32.7 Å². The Kier molecular flexibility index (Phi) is 5.84. The second-order valence-electron chi connectivity index (χ2n) is 6.19. The van der Waals surface area contributed by atoms with Crippen molar-refractivity contribution in [1.82, 2.24) is 20.0 Å². The highest BCUT2D eigenvalue weighted by Crippen LogP contribution is 2.13. The van der Waals surface area contributed by atoms with Crippen LogP contribution >= 0.6 is 0 Å². The number of aryl methyl sites for hydroxylation is 1. The largest absolute Gasteiger partial charge is 0.508 e. The first kappa shape index (κ1) is 17.8. The summed E-state index contributed by atoms with van der Waals surface area (Å²) in [4.78, 5) is 14.0. The fourth-order valence-corrected chi connectivity index (χ4v) is 2.53. The lowest BCUT2D eigenvalue weighted by Crippen LogP contribution is -2.43. The second kappa shape index (κ2) is 7.86. The maximum absolute atomic E-state index is 12.3. The SMILES string of the molecule is Cc1c(CCNC(=O)N(C)[C@@H](C)Cc2ccc(O)cc2)cnn1C. The van der Waals surface area contributed by atoms with Gasteiger partial charge in [-0.3, -0.25) is 4.68 Å². The van der Waals surface area contributed by atoms with Crippen molar-refractivity contribution in [2.75, 3.05) is 13.6 Å². The second-order valence-corrected chi connectivity index (χ2v) is 6.19. The number of urea groups is 1. The number of phenols is 1. The molecule has 0 saturated heterocycles. The zero-order chi connectivity index (χ0) is 17.7. The molecule has 0 unspecified atom stereocenters. The summed E-state index contributed by atoms with van der Waals surface area (Å²) >= 11 is 0. The lowest BCUT2D eigenvalue weighted by atomic mass is 10.1. The number of carbonyl (C=O) groups excluding carboxylic acids is 1. The van der Waals surface area contributed by atoms with E-state index in [0.717, 1.165) is 29.7 Å². The van der Waals surface area contributed by atoms with Crippen LogP contribution in [-0.2, 0) is 19.9 Å². The van der Waals surface area contributed by atoms with Gasteiger partial charge in [0.15, 0.2) is 0 Å². The van der Waals surface area contributed by atoms with Crippen LogP contribution in [0.3, 0.4) is 0 Å². The van der Waals surface area contributed by atoms with Gasteiger partial charge in [-0.05, 0) is 49.9 Å². The lowest BCUT2D eigenvalue weighted by molar-refractivity contribution is 0.194. The number of aromatic hydroxyl groups is 1. The number of nitrogens with one attached hydrogen (secondary N) is 1. The van der Waals surface area contributed by atoms with Crippen LogP contribution in [0.5, 0.6) is 5.75 Å². The molecule has 2 amide bonds. The molecule has 1 heterocycles. The molecule has 0 aliphatic rings. The number of rotatable bonds is 6. The maximum Gasteiger partial charge on any atom is 0.317 e. The molecule has 2 rings (SSSR count). The van der Waals surface area contributed by atoms with Crippen LogP contribution in [0.2, 0.25) is 0 Å². The zero-order valence-corrected chi connectivity index (χ0v) is 14.8. The Balaban J connectivity index is 1.80. The molecule has 6 heteroatoms. The number of phenolic OH excluding ortho intramolecular Hbond substituents is 1. The van der Waals surface area contributed by atoms with Crippen molar-refractivity contribution in [3.63, 3.8) is 0 Å². The summed E-state index contributed by atoms with van der Waals surface area (Å²) in [6.45, 7) is 4.62. The number of hydrogen-bond donors (Lipinski definition) is 2. The van der Waals surface area contributed by atoms with Gasteiger partial charge in [-0.25, -0.2) is 4.79 Å². The summed E-state index contributed by atoms with van der Waals surface area (Å²) in [6, 6.07) is 7.07. The monoisotopic (exact) mass is 330 g/mol. The first-order valence-corrected chi connectivity index (χ1v) is 8.14. The smallest absolute Gasteiger partial charge is 0.317 e. The average Bonchev–Trinajstić information content (AvgIpc) is 2.88. The standard InChI is InChI=1S/C18H26N4O2/c1-13(11-15-5-7-17(23)8-6-15)21(3)18(24)19-10-9-16-12-20-22(4)14(16)2/h5-8,12-13,23H,9-11H2,1-4H3,(H,19,24)/t13-/m0/s1. The summed E-state index contributed by atoms with van der Waals surface area (Å²) in [7, 11) is 3.71. The minimum absolute atomic E-state index is 0.0645. The fourth-order valence-electron chi connectivity index (χ4n) is 2.53. The van der Waals surface area contributed by atoms with Crippen LogP contribution < -0.4 is 5.32 Å². The third kappa shape index (κ3) is 4.50. The molecule has 24 heavy (non-hydrogen) atoms. The van der Waals surface area contributed by atoms with E-state index in [1.165, 1.54) is 0 Å². The molecule has 1 atom stereocenters. The normalized spacial score (nSPS) is 12.0. The summed E-state index contributed by atoms with van der Waals surface area (Å²) in [5.74, 6) is 0.253. The van der Waals surface area contributed by atoms with Crippen molar-refractivity contribution in [2.24, 2.45) is 7.05 Å². The summed E-state index contributed by atoms with van der Waals surface area (Å²) in [6.07, 6.45) is 3.36. The Morgan fingerprint density at radius 3 is 2.62 bits per heavy atom. The third-order valence-corrected chi connectivity index (χ3v) is 4.46. The predicted molar refractivity (Wildman–Crippen MR) is 94.1 cm³/mol. The summed E-state index contributed by atoms with van der Waals surface area (Å²) in [5, 5.41) is 16.5. The average molecular weight is 330 g/mol. The van der Waals surface area contributed by atoms with E-state index in [-0.39, 0.29) is 17.8 Å². The minimum atomic E-state index is -0.0807. The Bertz CT molecular complexity index is 679. The van der Waals surface area contributed by atoms with E-state index in [9.17, 15) is 9.90 Å². The van der Waals surface area contributed by atoms with Gasteiger partial charge in [0.2, 0.25) is 0 Å². The van der Waals surface area contributed by atoms with Gasteiger partial charge >= 0.3 is 6.03 Å². The first-order valence-electron chi connectivity index (χ1n) is 8.14. The fraction of sp³-hybridized carbons (Fsp3) is 0.444. The molecule has 2 N–H and O–H groups in total. The Morgan fingerprint density at radius 2 is 2.04 bits per heavy atom.